The Kier molecular flexibility index (Phi) is 6.67. The molecule has 0 saturated carbocycles. The van der Waals surface area contributed by atoms with Crippen LogP contribution in [0.5, 0.6) is 0 Å². The Balaban J connectivity index is 2.25. The molecule has 6 heteroatoms. The molecule has 0 radical (unpaired) electrons. The van der Waals surface area contributed by atoms with Crippen molar-refractivity contribution in [3.05, 3.63) is 0 Å². The summed E-state index contributed by atoms with van der Waals surface area (Å²) in [5, 5.41) is 2.97. The van der Waals surface area contributed by atoms with Crippen LogP contribution in [0.15, 0.2) is 0 Å². The number of esters is 2. The molecule has 0 aromatic heterocycles. The van der Waals surface area contributed by atoms with Crippen LogP contribution in [-0.2, 0) is 23.8 Å². The summed E-state index contributed by atoms with van der Waals surface area (Å²) in [4.78, 5) is 22.8. The van der Waals surface area contributed by atoms with Gasteiger partial charge >= 0.3 is 11.9 Å². The van der Waals surface area contributed by atoms with Crippen LogP contribution in [0.1, 0.15) is 19.8 Å². The highest BCUT2D eigenvalue weighted by Gasteiger charge is 2.34. The summed E-state index contributed by atoms with van der Waals surface area (Å²) in [6.45, 7) is 3.30. The molecule has 104 valence electrons. The fourth-order valence-corrected chi connectivity index (χ4v) is 1.73. The maximum atomic E-state index is 11.4. The summed E-state index contributed by atoms with van der Waals surface area (Å²) < 4.78 is 14.9. The van der Waals surface area contributed by atoms with Crippen LogP contribution in [0.2, 0.25) is 0 Å². The summed E-state index contributed by atoms with van der Waals surface area (Å²) in [5.74, 6) is -0.971. The number of methoxy groups -OCH3 is 1. The van der Waals surface area contributed by atoms with E-state index in [4.69, 9.17) is 9.47 Å². The highest BCUT2D eigenvalue weighted by molar-refractivity contribution is 5.74. The second kappa shape index (κ2) is 8.05. The second-order valence-corrected chi connectivity index (χ2v) is 4.23. The topological polar surface area (TPSA) is 73.9 Å². The van der Waals surface area contributed by atoms with Gasteiger partial charge < -0.3 is 19.5 Å². The van der Waals surface area contributed by atoms with Crippen LogP contribution in [0.3, 0.4) is 0 Å². The summed E-state index contributed by atoms with van der Waals surface area (Å²) in [6.07, 6.45) is 1.85. The molecule has 1 aliphatic heterocycles. The zero-order valence-electron chi connectivity index (χ0n) is 10.9. The Morgan fingerprint density at radius 2 is 2.17 bits per heavy atom. The molecule has 2 atom stereocenters. The van der Waals surface area contributed by atoms with E-state index in [1.165, 1.54) is 7.11 Å². The summed E-state index contributed by atoms with van der Waals surface area (Å²) in [5.41, 5.74) is 0. The monoisotopic (exact) mass is 259 g/mol. The number of unbranched alkanes of at least 4 members (excludes halogenated alkanes) is 1. The lowest BCUT2D eigenvalue weighted by Gasteiger charge is -2.16. The van der Waals surface area contributed by atoms with Crippen LogP contribution in [0.4, 0.5) is 0 Å². The van der Waals surface area contributed by atoms with Crippen LogP contribution in [0.25, 0.3) is 0 Å². The summed E-state index contributed by atoms with van der Waals surface area (Å²) in [6, 6.07) is -0.184. The van der Waals surface area contributed by atoms with Gasteiger partial charge in [-0.2, -0.15) is 0 Å². The summed E-state index contributed by atoms with van der Waals surface area (Å²) >= 11 is 0. The smallest absolute Gasteiger partial charge is 0.319 e. The van der Waals surface area contributed by atoms with Gasteiger partial charge in [0.1, 0.15) is 0 Å². The maximum Gasteiger partial charge on any atom is 0.319 e. The molecule has 18 heavy (non-hydrogen) atoms. The van der Waals surface area contributed by atoms with E-state index in [0.29, 0.717) is 19.8 Å². The van der Waals surface area contributed by atoms with Crippen molar-refractivity contribution in [3.63, 3.8) is 0 Å². The van der Waals surface area contributed by atoms with Gasteiger partial charge in [0.15, 0.2) is 0 Å². The standard InChI is InChI=1S/C12H21NO5/c1-3-4-5-18-11(14)6-13-10-8-17-7-9(10)12(15)16-2/h9-10,13H,3-8H2,1-2H3/t9-,10+/m0/s1. The highest BCUT2D eigenvalue weighted by atomic mass is 16.5. The molecule has 1 heterocycles. The van der Waals surface area contributed by atoms with Crippen molar-refractivity contribution in [2.24, 2.45) is 5.92 Å². The largest absolute Gasteiger partial charge is 0.469 e. The van der Waals surface area contributed by atoms with Gasteiger partial charge in [0.2, 0.25) is 0 Å². The molecule has 0 bridgehead atoms. The zero-order chi connectivity index (χ0) is 13.4. The molecule has 1 rings (SSSR count). The molecule has 1 fully saturated rings. The first kappa shape index (κ1) is 14.9. The van der Waals surface area contributed by atoms with Gasteiger partial charge in [-0.1, -0.05) is 13.3 Å². The third kappa shape index (κ3) is 4.62. The van der Waals surface area contributed by atoms with E-state index in [1.54, 1.807) is 0 Å². The number of hydrogen-bond acceptors (Lipinski definition) is 6. The quantitative estimate of drug-likeness (QED) is 0.516. The summed E-state index contributed by atoms with van der Waals surface area (Å²) in [7, 11) is 1.34. The fraction of sp³-hybridized carbons (Fsp3) is 0.833. The van der Waals surface area contributed by atoms with Crippen molar-refractivity contribution in [2.75, 3.05) is 33.5 Å². The molecule has 0 aliphatic carbocycles. The third-order valence-corrected chi connectivity index (χ3v) is 2.85. The van der Waals surface area contributed by atoms with Crippen molar-refractivity contribution < 1.29 is 23.8 Å². The van der Waals surface area contributed by atoms with Crippen LogP contribution < -0.4 is 5.32 Å². The van der Waals surface area contributed by atoms with Crippen LogP contribution in [-0.4, -0.2) is 51.5 Å². The Morgan fingerprint density at radius 3 is 2.83 bits per heavy atom. The first-order chi connectivity index (χ1) is 8.69. The molecule has 0 spiro atoms. The van der Waals surface area contributed by atoms with E-state index < -0.39 is 0 Å². The van der Waals surface area contributed by atoms with Crippen molar-refractivity contribution >= 4 is 11.9 Å². The molecule has 1 saturated heterocycles. The van der Waals surface area contributed by atoms with Gasteiger partial charge in [0, 0.05) is 6.04 Å². The highest BCUT2D eigenvalue weighted by Crippen LogP contribution is 2.14. The number of carbonyl (C=O) groups excluding carboxylic acids is 2. The molecule has 0 unspecified atom stereocenters. The number of carbonyl (C=O) groups is 2. The van der Waals surface area contributed by atoms with Crippen molar-refractivity contribution in [1.29, 1.82) is 0 Å². The second-order valence-electron chi connectivity index (χ2n) is 4.23. The van der Waals surface area contributed by atoms with Crippen molar-refractivity contribution in [3.8, 4) is 0 Å². The lowest BCUT2D eigenvalue weighted by molar-refractivity contribution is -0.147. The minimum absolute atomic E-state index is 0.0885. The Labute approximate surface area is 107 Å². The first-order valence-corrected chi connectivity index (χ1v) is 6.23. The number of ether oxygens (including phenoxy) is 3. The minimum Gasteiger partial charge on any atom is -0.469 e. The Morgan fingerprint density at radius 1 is 1.39 bits per heavy atom. The average molecular weight is 259 g/mol. The van der Waals surface area contributed by atoms with E-state index in [1.807, 2.05) is 6.92 Å². The average Bonchev–Trinajstić information content (AvgIpc) is 2.84. The number of rotatable bonds is 7. The van der Waals surface area contributed by atoms with E-state index in [2.05, 4.69) is 10.1 Å². The molecule has 0 aromatic rings. The first-order valence-electron chi connectivity index (χ1n) is 6.23. The normalized spacial score (nSPS) is 22.8. The van der Waals surface area contributed by atoms with Crippen LogP contribution >= 0.6 is 0 Å². The fourth-order valence-electron chi connectivity index (χ4n) is 1.73. The predicted molar refractivity (Wildman–Crippen MR) is 64.0 cm³/mol. The lowest BCUT2D eigenvalue weighted by atomic mass is 10.0. The molecule has 0 aromatic carbocycles. The van der Waals surface area contributed by atoms with E-state index in [-0.39, 0.29) is 30.4 Å². The maximum absolute atomic E-state index is 11.4. The molecule has 1 aliphatic rings. The Hall–Kier alpha value is -1.14. The van der Waals surface area contributed by atoms with Crippen molar-refractivity contribution in [2.45, 2.75) is 25.8 Å². The predicted octanol–water partition coefficient (Wildman–Crippen LogP) is 0.107. The van der Waals surface area contributed by atoms with Crippen LogP contribution in [0, 0.1) is 5.92 Å². The van der Waals surface area contributed by atoms with E-state index >= 15 is 0 Å². The minimum atomic E-state index is -0.349. The van der Waals surface area contributed by atoms with Gasteiger partial charge in [-0.25, -0.2) is 0 Å². The molecule has 0 amide bonds. The molecular formula is C12H21NO5. The zero-order valence-corrected chi connectivity index (χ0v) is 10.9. The number of hydrogen-bond donors (Lipinski definition) is 1. The van der Waals surface area contributed by atoms with Crippen molar-refractivity contribution in [1.82, 2.24) is 5.32 Å². The van der Waals surface area contributed by atoms with E-state index in [0.717, 1.165) is 12.8 Å². The Bertz CT molecular complexity index is 282. The molecule has 1 N–H and O–H groups in total. The van der Waals surface area contributed by atoms with Gasteiger partial charge in [-0.05, 0) is 6.42 Å². The van der Waals surface area contributed by atoms with E-state index in [9.17, 15) is 9.59 Å². The van der Waals surface area contributed by atoms with Gasteiger partial charge in [0.25, 0.3) is 0 Å². The SMILES string of the molecule is CCCCOC(=O)CN[C@@H]1COC[C@@H]1C(=O)OC. The lowest BCUT2D eigenvalue weighted by Crippen LogP contribution is -2.42. The van der Waals surface area contributed by atoms with Gasteiger partial charge in [-0.3, -0.25) is 9.59 Å². The van der Waals surface area contributed by atoms with Gasteiger partial charge in [-0.15, -0.1) is 0 Å². The molecular weight excluding hydrogens is 238 g/mol. The molecule has 6 nitrogen and oxygen atoms in total. The van der Waals surface area contributed by atoms with Gasteiger partial charge in [0.05, 0.1) is 39.4 Å². The third-order valence-electron chi connectivity index (χ3n) is 2.85. The number of nitrogens with one attached hydrogen (secondary N) is 1.